The van der Waals surface area contributed by atoms with Crippen LogP contribution in [-0.4, -0.2) is 25.2 Å². The van der Waals surface area contributed by atoms with Gasteiger partial charge in [-0.1, -0.05) is 12.1 Å². The number of aryl methyl sites for hydroxylation is 1. The van der Waals surface area contributed by atoms with Crippen molar-refractivity contribution in [3.8, 4) is 5.69 Å². The Kier molecular flexibility index (Phi) is 3.20. The first kappa shape index (κ1) is 11.8. The van der Waals surface area contributed by atoms with Crippen LogP contribution in [0.5, 0.6) is 0 Å². The van der Waals surface area contributed by atoms with E-state index < -0.39 is 0 Å². The van der Waals surface area contributed by atoms with Gasteiger partial charge in [0.15, 0.2) is 0 Å². The Morgan fingerprint density at radius 2 is 2.21 bits per heavy atom. The van der Waals surface area contributed by atoms with E-state index in [1.54, 1.807) is 22.3 Å². The highest BCUT2D eigenvalue weighted by Crippen LogP contribution is 2.19. The lowest BCUT2D eigenvalue weighted by molar-refractivity contribution is 0.789. The summed E-state index contributed by atoms with van der Waals surface area (Å²) in [4.78, 5) is 4.43. The third kappa shape index (κ3) is 2.60. The Labute approximate surface area is 114 Å². The average molecular weight is 272 g/mol. The highest BCUT2D eigenvalue weighted by atomic mass is 32.1. The van der Waals surface area contributed by atoms with E-state index in [1.807, 2.05) is 31.2 Å². The normalized spacial score (nSPS) is 10.6. The third-order valence-electron chi connectivity index (χ3n) is 2.63. The number of aromatic nitrogens is 5. The molecule has 3 aromatic rings. The number of tetrazole rings is 1. The smallest absolute Gasteiger partial charge is 0.143 e. The molecule has 0 aliphatic carbocycles. The van der Waals surface area contributed by atoms with Gasteiger partial charge in [0.25, 0.3) is 0 Å². The minimum atomic E-state index is 0.684. The minimum Gasteiger partial charge on any atom is -0.378 e. The monoisotopic (exact) mass is 272 g/mol. The molecule has 19 heavy (non-hydrogen) atoms. The molecule has 6 nitrogen and oxygen atoms in total. The van der Waals surface area contributed by atoms with E-state index in [9.17, 15) is 0 Å². The van der Waals surface area contributed by atoms with Crippen LogP contribution in [0.4, 0.5) is 5.69 Å². The van der Waals surface area contributed by atoms with Gasteiger partial charge in [0.1, 0.15) is 6.33 Å². The van der Waals surface area contributed by atoms with Gasteiger partial charge in [-0.3, -0.25) is 0 Å². The van der Waals surface area contributed by atoms with Gasteiger partial charge in [-0.25, -0.2) is 4.98 Å². The van der Waals surface area contributed by atoms with Crippen molar-refractivity contribution >= 4 is 17.0 Å². The fraction of sp³-hybridized carbons (Fsp3) is 0.167. The fourth-order valence-corrected chi connectivity index (χ4v) is 2.38. The number of benzene rings is 1. The Bertz CT molecular complexity index is 660. The second-order valence-corrected chi connectivity index (χ2v) is 5.05. The van der Waals surface area contributed by atoms with Gasteiger partial charge in [0.2, 0.25) is 0 Å². The maximum Gasteiger partial charge on any atom is 0.143 e. The molecule has 2 heterocycles. The summed E-state index contributed by atoms with van der Waals surface area (Å²) < 4.78 is 1.63. The molecule has 0 amide bonds. The molecule has 0 radical (unpaired) electrons. The van der Waals surface area contributed by atoms with Crippen LogP contribution in [0.1, 0.15) is 10.7 Å². The number of nitrogens with zero attached hydrogens (tertiary/aromatic N) is 5. The van der Waals surface area contributed by atoms with Crippen molar-refractivity contribution in [2.75, 3.05) is 5.32 Å². The molecular weight excluding hydrogens is 260 g/mol. The topological polar surface area (TPSA) is 68.5 Å². The number of anilines is 1. The highest BCUT2D eigenvalue weighted by Gasteiger charge is 2.05. The zero-order chi connectivity index (χ0) is 13.1. The molecule has 0 saturated heterocycles. The molecule has 0 unspecified atom stereocenters. The molecule has 0 atom stereocenters. The van der Waals surface area contributed by atoms with Crippen molar-refractivity contribution in [1.29, 1.82) is 0 Å². The Hall–Kier alpha value is -2.28. The van der Waals surface area contributed by atoms with Gasteiger partial charge in [-0.15, -0.1) is 16.4 Å². The van der Waals surface area contributed by atoms with E-state index >= 15 is 0 Å². The summed E-state index contributed by atoms with van der Waals surface area (Å²) in [5.74, 6) is 0. The molecule has 3 rings (SSSR count). The predicted octanol–water partition coefficient (Wildman–Crippen LogP) is 2.04. The fourth-order valence-electron chi connectivity index (χ4n) is 1.77. The number of nitrogens with one attached hydrogen (secondary N) is 1. The van der Waals surface area contributed by atoms with Gasteiger partial charge < -0.3 is 5.32 Å². The molecule has 0 fully saturated rings. The van der Waals surface area contributed by atoms with Crippen LogP contribution in [-0.2, 0) is 6.54 Å². The van der Waals surface area contributed by atoms with E-state index in [4.69, 9.17) is 0 Å². The minimum absolute atomic E-state index is 0.684. The molecule has 2 aromatic heterocycles. The van der Waals surface area contributed by atoms with Crippen LogP contribution in [0, 0.1) is 6.92 Å². The average Bonchev–Trinajstić information content (AvgIpc) is 3.08. The first-order valence-corrected chi connectivity index (χ1v) is 6.68. The van der Waals surface area contributed by atoms with E-state index in [1.165, 1.54) is 0 Å². The van der Waals surface area contributed by atoms with Crippen molar-refractivity contribution in [2.24, 2.45) is 0 Å². The molecule has 0 aliphatic rings. The zero-order valence-corrected chi connectivity index (χ0v) is 11.1. The van der Waals surface area contributed by atoms with E-state index in [0.717, 1.165) is 22.1 Å². The van der Waals surface area contributed by atoms with E-state index in [2.05, 4.69) is 31.2 Å². The maximum absolute atomic E-state index is 4.43. The first-order valence-electron chi connectivity index (χ1n) is 5.80. The van der Waals surface area contributed by atoms with Crippen molar-refractivity contribution in [2.45, 2.75) is 13.5 Å². The van der Waals surface area contributed by atoms with Crippen molar-refractivity contribution in [1.82, 2.24) is 25.2 Å². The van der Waals surface area contributed by atoms with Crippen LogP contribution >= 0.6 is 11.3 Å². The molecule has 96 valence electrons. The molecule has 1 N–H and O–H groups in total. The van der Waals surface area contributed by atoms with Gasteiger partial charge in [-0.05, 0) is 29.5 Å². The standard InChI is InChI=1S/C12H12N6S/c1-9-15-10(7-19-9)6-13-11-4-2-3-5-12(11)18-8-14-16-17-18/h2-5,7-8,13H,6H2,1H3. The van der Waals surface area contributed by atoms with Crippen LogP contribution < -0.4 is 5.32 Å². The summed E-state index contributed by atoms with van der Waals surface area (Å²) >= 11 is 1.65. The summed E-state index contributed by atoms with van der Waals surface area (Å²) in [5.41, 5.74) is 2.92. The molecule has 0 aliphatic heterocycles. The number of thiazole rings is 1. The Morgan fingerprint density at radius 1 is 1.32 bits per heavy atom. The lowest BCUT2D eigenvalue weighted by Crippen LogP contribution is -2.05. The number of hydrogen-bond donors (Lipinski definition) is 1. The largest absolute Gasteiger partial charge is 0.378 e. The number of hydrogen-bond acceptors (Lipinski definition) is 6. The number of rotatable bonds is 4. The predicted molar refractivity (Wildman–Crippen MR) is 73.3 cm³/mol. The summed E-state index contributed by atoms with van der Waals surface area (Å²) in [6, 6.07) is 7.89. The van der Waals surface area contributed by atoms with Crippen molar-refractivity contribution in [3.63, 3.8) is 0 Å². The number of para-hydroxylation sites is 2. The Balaban J connectivity index is 1.81. The van der Waals surface area contributed by atoms with Crippen LogP contribution in [0.25, 0.3) is 5.69 Å². The SMILES string of the molecule is Cc1nc(CNc2ccccc2-n2cnnn2)cs1. The van der Waals surface area contributed by atoms with Crippen LogP contribution in [0.2, 0.25) is 0 Å². The maximum atomic E-state index is 4.43. The molecule has 0 saturated carbocycles. The summed E-state index contributed by atoms with van der Waals surface area (Å²) in [6.45, 7) is 2.69. The molecule has 0 spiro atoms. The quantitative estimate of drug-likeness (QED) is 0.787. The highest BCUT2D eigenvalue weighted by molar-refractivity contribution is 7.09. The van der Waals surface area contributed by atoms with Gasteiger partial charge in [-0.2, -0.15) is 4.68 Å². The summed E-state index contributed by atoms with van der Waals surface area (Å²) in [5, 5.41) is 17.7. The van der Waals surface area contributed by atoms with Gasteiger partial charge in [0, 0.05) is 5.38 Å². The molecule has 7 heteroatoms. The molecular formula is C12H12N6S. The van der Waals surface area contributed by atoms with Crippen molar-refractivity contribution < 1.29 is 0 Å². The molecule has 1 aromatic carbocycles. The van der Waals surface area contributed by atoms with E-state index in [-0.39, 0.29) is 0 Å². The third-order valence-corrected chi connectivity index (χ3v) is 3.45. The van der Waals surface area contributed by atoms with E-state index in [0.29, 0.717) is 6.54 Å². The lowest BCUT2D eigenvalue weighted by Gasteiger charge is -2.09. The van der Waals surface area contributed by atoms with Gasteiger partial charge >= 0.3 is 0 Å². The second-order valence-electron chi connectivity index (χ2n) is 3.98. The van der Waals surface area contributed by atoms with Crippen LogP contribution in [0.15, 0.2) is 36.0 Å². The Morgan fingerprint density at radius 3 is 2.95 bits per heavy atom. The molecule has 0 bridgehead atoms. The summed E-state index contributed by atoms with van der Waals surface area (Å²) in [6.07, 6.45) is 1.58. The summed E-state index contributed by atoms with van der Waals surface area (Å²) in [7, 11) is 0. The van der Waals surface area contributed by atoms with Crippen LogP contribution in [0.3, 0.4) is 0 Å². The zero-order valence-electron chi connectivity index (χ0n) is 10.3. The second kappa shape index (κ2) is 5.15. The van der Waals surface area contributed by atoms with Crippen molar-refractivity contribution in [3.05, 3.63) is 46.7 Å². The van der Waals surface area contributed by atoms with Gasteiger partial charge in [0.05, 0.1) is 28.6 Å². The first-order chi connectivity index (χ1) is 9.33. The lowest BCUT2D eigenvalue weighted by atomic mass is 10.2.